The lowest BCUT2D eigenvalue weighted by Gasteiger charge is -2.22. The minimum absolute atomic E-state index is 0.116. The zero-order valence-corrected chi connectivity index (χ0v) is 11.5. The fourth-order valence-corrected chi connectivity index (χ4v) is 2.09. The Morgan fingerprint density at radius 2 is 2.12 bits per heavy atom. The van der Waals surface area contributed by atoms with Crippen LogP contribution in [-0.2, 0) is 0 Å². The molecule has 0 aromatic carbocycles. The van der Waals surface area contributed by atoms with Crippen LogP contribution < -0.4 is 5.32 Å². The van der Waals surface area contributed by atoms with Crippen molar-refractivity contribution < 1.29 is 9.90 Å². The van der Waals surface area contributed by atoms with E-state index >= 15 is 0 Å². The van der Waals surface area contributed by atoms with Gasteiger partial charge in [0.25, 0.3) is 0 Å². The second-order valence-electron chi connectivity index (χ2n) is 4.07. The van der Waals surface area contributed by atoms with Crippen molar-refractivity contribution >= 4 is 17.8 Å². The van der Waals surface area contributed by atoms with Crippen molar-refractivity contribution in [2.75, 3.05) is 25.1 Å². The molecule has 0 aliphatic carbocycles. The fraction of sp³-hybridized carbons (Fsp3) is 0.909. The Labute approximate surface area is 103 Å². The Balaban J connectivity index is 3.76. The van der Waals surface area contributed by atoms with Crippen LogP contribution in [0.2, 0.25) is 0 Å². The molecule has 4 nitrogen and oxygen atoms in total. The Morgan fingerprint density at radius 3 is 2.62 bits per heavy atom. The van der Waals surface area contributed by atoms with E-state index in [0.29, 0.717) is 6.54 Å². The van der Waals surface area contributed by atoms with Crippen LogP contribution in [0.3, 0.4) is 0 Å². The van der Waals surface area contributed by atoms with Crippen LogP contribution in [0.25, 0.3) is 0 Å². The summed E-state index contributed by atoms with van der Waals surface area (Å²) in [5.74, 6) is 2.18. The van der Waals surface area contributed by atoms with E-state index in [1.165, 1.54) is 4.90 Å². The summed E-state index contributed by atoms with van der Waals surface area (Å²) < 4.78 is 0. The SMILES string of the molecule is CCSCCC(C)NC(=O)N(C)CC(C)O. The van der Waals surface area contributed by atoms with Crippen LogP contribution in [0, 0.1) is 0 Å². The summed E-state index contributed by atoms with van der Waals surface area (Å²) in [6, 6.07) is 0.0675. The lowest BCUT2D eigenvalue weighted by Crippen LogP contribution is -2.44. The molecule has 0 spiro atoms. The number of likely N-dealkylation sites (N-methyl/N-ethyl adjacent to an activating group) is 1. The minimum atomic E-state index is -0.485. The van der Waals surface area contributed by atoms with Crippen molar-refractivity contribution in [1.82, 2.24) is 10.2 Å². The predicted octanol–water partition coefficient (Wildman–Crippen LogP) is 1.54. The van der Waals surface area contributed by atoms with Crippen molar-refractivity contribution in [3.8, 4) is 0 Å². The van der Waals surface area contributed by atoms with Crippen molar-refractivity contribution in [1.29, 1.82) is 0 Å². The van der Waals surface area contributed by atoms with Crippen molar-refractivity contribution in [2.24, 2.45) is 0 Å². The van der Waals surface area contributed by atoms with E-state index in [-0.39, 0.29) is 12.1 Å². The fourth-order valence-electron chi connectivity index (χ4n) is 1.28. The molecule has 2 atom stereocenters. The molecule has 0 aliphatic rings. The van der Waals surface area contributed by atoms with Gasteiger partial charge in [-0.1, -0.05) is 6.92 Å². The van der Waals surface area contributed by atoms with Gasteiger partial charge in [-0.3, -0.25) is 0 Å². The number of aliphatic hydroxyl groups excluding tert-OH is 1. The third-order valence-corrected chi connectivity index (χ3v) is 3.09. The number of amides is 2. The number of hydrogen-bond acceptors (Lipinski definition) is 3. The molecule has 96 valence electrons. The summed E-state index contributed by atoms with van der Waals surface area (Å²) in [5.41, 5.74) is 0. The highest BCUT2D eigenvalue weighted by molar-refractivity contribution is 7.99. The van der Waals surface area contributed by atoms with E-state index in [0.717, 1.165) is 17.9 Å². The Hall–Kier alpha value is -0.420. The van der Waals surface area contributed by atoms with E-state index in [2.05, 4.69) is 12.2 Å². The van der Waals surface area contributed by atoms with Crippen LogP contribution in [0.4, 0.5) is 4.79 Å². The molecule has 2 amide bonds. The van der Waals surface area contributed by atoms with Crippen LogP contribution in [0.1, 0.15) is 27.2 Å². The van der Waals surface area contributed by atoms with Gasteiger partial charge < -0.3 is 15.3 Å². The maximum absolute atomic E-state index is 11.6. The average molecular weight is 248 g/mol. The molecule has 16 heavy (non-hydrogen) atoms. The number of urea groups is 1. The first kappa shape index (κ1) is 15.6. The number of nitrogens with zero attached hydrogens (tertiary/aromatic N) is 1. The zero-order valence-electron chi connectivity index (χ0n) is 10.7. The van der Waals surface area contributed by atoms with Gasteiger partial charge in [0.15, 0.2) is 0 Å². The first-order chi connectivity index (χ1) is 7.47. The molecule has 5 heteroatoms. The maximum Gasteiger partial charge on any atom is 0.317 e. The summed E-state index contributed by atoms with van der Waals surface area (Å²) in [7, 11) is 1.69. The molecule has 0 radical (unpaired) electrons. The number of nitrogens with one attached hydrogen (secondary N) is 1. The highest BCUT2D eigenvalue weighted by Gasteiger charge is 2.12. The highest BCUT2D eigenvalue weighted by atomic mass is 32.2. The normalized spacial score (nSPS) is 14.3. The number of hydrogen-bond donors (Lipinski definition) is 2. The molecule has 0 bridgehead atoms. The second-order valence-corrected chi connectivity index (χ2v) is 5.46. The molecule has 0 aromatic rings. The summed E-state index contributed by atoms with van der Waals surface area (Å²) in [4.78, 5) is 13.1. The summed E-state index contributed by atoms with van der Waals surface area (Å²) in [6.45, 7) is 6.17. The molecule has 0 rings (SSSR count). The number of thioether (sulfide) groups is 1. The Morgan fingerprint density at radius 1 is 1.50 bits per heavy atom. The lowest BCUT2D eigenvalue weighted by atomic mass is 10.2. The van der Waals surface area contributed by atoms with Gasteiger partial charge in [-0.05, 0) is 31.8 Å². The number of carbonyl (C=O) groups excluding carboxylic acids is 1. The molecule has 0 aliphatic heterocycles. The van der Waals surface area contributed by atoms with E-state index in [1.807, 2.05) is 18.7 Å². The third-order valence-electron chi connectivity index (χ3n) is 2.15. The number of aliphatic hydroxyl groups is 1. The van der Waals surface area contributed by atoms with Crippen LogP contribution in [0.5, 0.6) is 0 Å². The van der Waals surface area contributed by atoms with Crippen LogP contribution in [-0.4, -0.2) is 53.3 Å². The van der Waals surface area contributed by atoms with Gasteiger partial charge in [0.05, 0.1) is 6.10 Å². The number of carbonyl (C=O) groups is 1. The monoisotopic (exact) mass is 248 g/mol. The molecule has 0 fully saturated rings. The Kier molecular flexibility index (Phi) is 8.47. The molecule has 0 aromatic heterocycles. The van der Waals surface area contributed by atoms with Gasteiger partial charge in [-0.2, -0.15) is 11.8 Å². The third kappa shape index (κ3) is 7.82. The van der Waals surface area contributed by atoms with Crippen molar-refractivity contribution in [3.05, 3.63) is 0 Å². The van der Waals surface area contributed by atoms with Gasteiger partial charge in [0, 0.05) is 19.6 Å². The predicted molar refractivity (Wildman–Crippen MR) is 69.9 cm³/mol. The second kappa shape index (κ2) is 8.70. The Bertz CT molecular complexity index is 200. The molecule has 2 N–H and O–H groups in total. The highest BCUT2D eigenvalue weighted by Crippen LogP contribution is 2.04. The standard InChI is InChI=1S/C11H24N2O2S/c1-5-16-7-6-9(2)12-11(15)13(4)8-10(3)14/h9-10,14H,5-8H2,1-4H3,(H,12,15). The summed E-state index contributed by atoms with van der Waals surface area (Å²) in [5, 5.41) is 12.1. The van der Waals surface area contributed by atoms with Crippen molar-refractivity contribution in [2.45, 2.75) is 39.3 Å². The first-order valence-corrected chi connectivity index (χ1v) is 6.90. The van der Waals surface area contributed by atoms with Gasteiger partial charge in [-0.25, -0.2) is 4.79 Å². The van der Waals surface area contributed by atoms with Crippen LogP contribution in [0.15, 0.2) is 0 Å². The van der Waals surface area contributed by atoms with E-state index in [9.17, 15) is 4.79 Å². The van der Waals surface area contributed by atoms with Gasteiger partial charge in [0.2, 0.25) is 0 Å². The van der Waals surface area contributed by atoms with Gasteiger partial charge >= 0.3 is 6.03 Å². The molecular weight excluding hydrogens is 224 g/mol. The average Bonchev–Trinajstić information content (AvgIpc) is 2.16. The topological polar surface area (TPSA) is 52.6 Å². The van der Waals surface area contributed by atoms with Crippen molar-refractivity contribution in [3.63, 3.8) is 0 Å². The number of rotatable bonds is 7. The summed E-state index contributed by atoms with van der Waals surface area (Å²) in [6.07, 6.45) is 0.494. The molecule has 0 saturated carbocycles. The minimum Gasteiger partial charge on any atom is -0.392 e. The smallest absolute Gasteiger partial charge is 0.317 e. The maximum atomic E-state index is 11.6. The van der Waals surface area contributed by atoms with E-state index in [1.54, 1.807) is 14.0 Å². The molecule has 0 saturated heterocycles. The van der Waals surface area contributed by atoms with Crippen LogP contribution >= 0.6 is 11.8 Å². The zero-order chi connectivity index (χ0) is 12.6. The molecular formula is C11H24N2O2S. The van der Waals surface area contributed by atoms with E-state index in [4.69, 9.17) is 5.11 Å². The lowest BCUT2D eigenvalue weighted by molar-refractivity contribution is 0.142. The molecule has 0 heterocycles. The quantitative estimate of drug-likeness (QED) is 0.672. The molecule has 2 unspecified atom stereocenters. The first-order valence-electron chi connectivity index (χ1n) is 5.74. The van der Waals surface area contributed by atoms with E-state index < -0.39 is 6.10 Å². The van der Waals surface area contributed by atoms with Gasteiger partial charge in [-0.15, -0.1) is 0 Å². The largest absolute Gasteiger partial charge is 0.392 e. The van der Waals surface area contributed by atoms with Gasteiger partial charge in [0.1, 0.15) is 0 Å². The summed E-state index contributed by atoms with van der Waals surface area (Å²) >= 11 is 1.88.